The van der Waals surface area contributed by atoms with Gasteiger partial charge in [-0.05, 0) is 60.2 Å². The number of rotatable bonds is 7. The Hall–Kier alpha value is -3.69. The normalized spacial score (nSPS) is 11.2. The van der Waals surface area contributed by atoms with Crippen molar-refractivity contribution in [3.8, 4) is 0 Å². The molecule has 8 nitrogen and oxygen atoms in total. The molecule has 0 saturated heterocycles. The molecule has 3 rings (SSSR count). The quantitative estimate of drug-likeness (QED) is 0.359. The zero-order valence-corrected chi connectivity index (χ0v) is 18.4. The predicted molar refractivity (Wildman–Crippen MR) is 125 cm³/mol. The first-order chi connectivity index (χ1) is 15.2. The summed E-state index contributed by atoms with van der Waals surface area (Å²) in [6.07, 6.45) is 1.43. The molecule has 0 spiro atoms. The molecule has 0 aromatic heterocycles. The molecule has 3 N–H and O–H groups in total. The number of hydrogen-bond donors (Lipinski definition) is 3. The number of nitrogens with one attached hydrogen (secondary N) is 3. The summed E-state index contributed by atoms with van der Waals surface area (Å²) >= 11 is 5.81. The minimum Gasteiger partial charge on any atom is -0.326 e. The predicted octanol–water partition coefficient (Wildman–Crippen LogP) is 3.86. The summed E-state index contributed by atoms with van der Waals surface area (Å²) < 4.78 is 27.7. The van der Waals surface area contributed by atoms with E-state index >= 15 is 0 Å². The highest BCUT2D eigenvalue weighted by molar-refractivity contribution is 7.92. The lowest BCUT2D eigenvalue weighted by atomic mass is 10.2. The standard InChI is InChI=1S/C22H19ClN4O4S/c1-15(28)25-19-9-5-16(6-10-19)14-24-26-22(29)17-3-2-4-21(13-17)32(30,31)27-20-11-7-18(23)8-12-20/h2-14,27H,1H3,(H,25,28)(H,26,29)/b24-14-. The van der Waals surface area contributed by atoms with Crippen LogP contribution in [0, 0.1) is 0 Å². The first-order valence-corrected chi connectivity index (χ1v) is 11.2. The summed E-state index contributed by atoms with van der Waals surface area (Å²) in [6.45, 7) is 1.42. The lowest BCUT2D eigenvalue weighted by Gasteiger charge is -2.09. The van der Waals surface area contributed by atoms with Crippen molar-refractivity contribution in [2.24, 2.45) is 5.10 Å². The Bertz CT molecular complexity index is 1260. The fraction of sp³-hybridized carbons (Fsp3) is 0.0455. The van der Waals surface area contributed by atoms with E-state index < -0.39 is 15.9 Å². The second-order valence-corrected chi connectivity index (χ2v) is 8.76. The largest absolute Gasteiger partial charge is 0.326 e. The molecule has 0 aliphatic heterocycles. The van der Waals surface area contributed by atoms with E-state index in [2.05, 4.69) is 20.6 Å². The lowest BCUT2D eigenvalue weighted by molar-refractivity contribution is -0.114. The zero-order chi connectivity index (χ0) is 23.1. The summed E-state index contributed by atoms with van der Waals surface area (Å²) in [6, 6.07) is 18.6. The van der Waals surface area contributed by atoms with Crippen LogP contribution < -0.4 is 15.5 Å². The molecule has 0 bridgehead atoms. The van der Waals surface area contributed by atoms with Gasteiger partial charge in [0.25, 0.3) is 15.9 Å². The van der Waals surface area contributed by atoms with Gasteiger partial charge in [-0.2, -0.15) is 5.10 Å². The molecule has 32 heavy (non-hydrogen) atoms. The number of halogens is 1. The van der Waals surface area contributed by atoms with Crippen molar-refractivity contribution in [1.82, 2.24) is 5.43 Å². The van der Waals surface area contributed by atoms with E-state index in [0.29, 0.717) is 22.0 Å². The van der Waals surface area contributed by atoms with Gasteiger partial charge in [-0.3, -0.25) is 14.3 Å². The third kappa shape index (κ3) is 6.40. The van der Waals surface area contributed by atoms with Crippen molar-refractivity contribution in [1.29, 1.82) is 0 Å². The Balaban J connectivity index is 1.66. The summed E-state index contributed by atoms with van der Waals surface area (Å²) in [4.78, 5) is 23.3. The highest BCUT2D eigenvalue weighted by Crippen LogP contribution is 2.19. The molecule has 0 radical (unpaired) electrons. The average Bonchev–Trinajstić information content (AvgIpc) is 2.76. The van der Waals surface area contributed by atoms with Crippen LogP contribution in [0.3, 0.4) is 0 Å². The zero-order valence-electron chi connectivity index (χ0n) is 16.9. The molecule has 0 heterocycles. The maximum Gasteiger partial charge on any atom is 0.271 e. The first kappa shape index (κ1) is 23.0. The van der Waals surface area contributed by atoms with Crippen molar-refractivity contribution in [2.45, 2.75) is 11.8 Å². The monoisotopic (exact) mass is 470 g/mol. The second-order valence-electron chi connectivity index (χ2n) is 6.64. The molecular weight excluding hydrogens is 452 g/mol. The Morgan fingerprint density at radius 3 is 2.25 bits per heavy atom. The van der Waals surface area contributed by atoms with E-state index in [1.54, 1.807) is 36.4 Å². The number of sulfonamides is 1. The summed E-state index contributed by atoms with van der Waals surface area (Å²) in [5.74, 6) is -0.744. The van der Waals surface area contributed by atoms with Gasteiger partial charge >= 0.3 is 0 Å². The molecule has 10 heteroatoms. The van der Waals surface area contributed by atoms with Crippen molar-refractivity contribution in [3.63, 3.8) is 0 Å². The third-order valence-corrected chi connectivity index (χ3v) is 5.74. The number of hydrogen-bond acceptors (Lipinski definition) is 5. The topological polar surface area (TPSA) is 117 Å². The Morgan fingerprint density at radius 1 is 0.938 bits per heavy atom. The molecule has 0 fully saturated rings. The third-order valence-electron chi connectivity index (χ3n) is 4.11. The molecule has 3 aromatic carbocycles. The minimum absolute atomic E-state index is 0.0716. The van der Waals surface area contributed by atoms with Gasteiger partial charge in [-0.25, -0.2) is 13.8 Å². The Morgan fingerprint density at radius 2 is 1.59 bits per heavy atom. The van der Waals surface area contributed by atoms with Crippen LogP contribution in [0.25, 0.3) is 0 Å². The number of anilines is 2. The van der Waals surface area contributed by atoms with Crippen molar-refractivity contribution >= 4 is 51.0 Å². The van der Waals surface area contributed by atoms with Gasteiger partial charge in [-0.15, -0.1) is 0 Å². The van der Waals surface area contributed by atoms with Crippen LogP contribution in [0.1, 0.15) is 22.8 Å². The molecule has 0 saturated carbocycles. The SMILES string of the molecule is CC(=O)Nc1ccc(/C=N\NC(=O)c2cccc(S(=O)(=O)Nc3ccc(Cl)cc3)c2)cc1. The molecular formula is C22H19ClN4O4S. The van der Waals surface area contributed by atoms with Crippen LogP contribution in [-0.4, -0.2) is 26.4 Å². The number of hydrazone groups is 1. The van der Waals surface area contributed by atoms with E-state index in [4.69, 9.17) is 11.6 Å². The summed E-state index contributed by atoms with van der Waals surface area (Å²) in [7, 11) is -3.90. The smallest absolute Gasteiger partial charge is 0.271 e. The van der Waals surface area contributed by atoms with Crippen LogP contribution in [0.2, 0.25) is 5.02 Å². The van der Waals surface area contributed by atoms with E-state index in [0.717, 1.165) is 0 Å². The van der Waals surface area contributed by atoms with Gasteiger partial charge < -0.3 is 5.32 Å². The van der Waals surface area contributed by atoms with Gasteiger partial charge in [0.1, 0.15) is 0 Å². The van der Waals surface area contributed by atoms with Gasteiger partial charge in [0.2, 0.25) is 5.91 Å². The van der Waals surface area contributed by atoms with Crippen molar-refractivity contribution in [2.75, 3.05) is 10.0 Å². The minimum atomic E-state index is -3.90. The van der Waals surface area contributed by atoms with Crippen LogP contribution in [0.15, 0.2) is 82.8 Å². The Kier molecular flexibility index (Phi) is 7.24. The Labute approximate surface area is 190 Å². The van der Waals surface area contributed by atoms with Gasteiger partial charge in [0.05, 0.1) is 11.1 Å². The van der Waals surface area contributed by atoms with E-state index in [1.807, 2.05) is 0 Å². The summed E-state index contributed by atoms with van der Waals surface area (Å²) in [5, 5.41) is 7.02. The molecule has 0 aliphatic carbocycles. The molecule has 2 amide bonds. The maximum atomic E-state index is 12.6. The van der Waals surface area contributed by atoms with Crippen LogP contribution in [0.5, 0.6) is 0 Å². The van der Waals surface area contributed by atoms with Crippen LogP contribution >= 0.6 is 11.6 Å². The van der Waals surface area contributed by atoms with Crippen LogP contribution in [-0.2, 0) is 14.8 Å². The second kappa shape index (κ2) is 10.1. The van der Waals surface area contributed by atoms with Gasteiger partial charge in [0, 0.05) is 28.9 Å². The highest BCUT2D eigenvalue weighted by Gasteiger charge is 2.16. The highest BCUT2D eigenvalue weighted by atomic mass is 35.5. The van der Waals surface area contributed by atoms with Crippen molar-refractivity contribution in [3.05, 3.63) is 88.9 Å². The number of benzene rings is 3. The maximum absolute atomic E-state index is 12.6. The average molecular weight is 471 g/mol. The van der Waals surface area contributed by atoms with E-state index in [9.17, 15) is 18.0 Å². The first-order valence-electron chi connectivity index (χ1n) is 9.32. The fourth-order valence-electron chi connectivity index (χ4n) is 2.62. The molecule has 3 aromatic rings. The van der Waals surface area contributed by atoms with Crippen molar-refractivity contribution < 1.29 is 18.0 Å². The number of nitrogens with zero attached hydrogens (tertiary/aromatic N) is 1. The van der Waals surface area contributed by atoms with E-state index in [-0.39, 0.29) is 16.4 Å². The molecule has 0 atom stereocenters. The number of amides is 2. The molecule has 0 aliphatic rings. The van der Waals surface area contributed by atoms with Crippen LogP contribution in [0.4, 0.5) is 11.4 Å². The fourth-order valence-corrected chi connectivity index (χ4v) is 3.85. The van der Waals surface area contributed by atoms with E-state index in [1.165, 1.54) is 49.5 Å². The number of carbonyl (C=O) groups is 2. The molecule has 0 unspecified atom stereocenters. The lowest BCUT2D eigenvalue weighted by Crippen LogP contribution is -2.19. The molecule has 164 valence electrons. The van der Waals surface area contributed by atoms with Gasteiger partial charge in [-0.1, -0.05) is 29.8 Å². The van der Waals surface area contributed by atoms with Gasteiger partial charge in [0.15, 0.2) is 0 Å². The number of carbonyl (C=O) groups excluding carboxylic acids is 2. The summed E-state index contributed by atoms with van der Waals surface area (Å²) in [5.41, 5.74) is 4.17.